The van der Waals surface area contributed by atoms with Crippen molar-refractivity contribution < 1.29 is 91.1 Å². The van der Waals surface area contributed by atoms with Crippen LogP contribution in [0.3, 0.4) is 0 Å². The van der Waals surface area contributed by atoms with Crippen LogP contribution in [0.1, 0.15) is 196 Å². The van der Waals surface area contributed by atoms with Gasteiger partial charge in [0.25, 0.3) is 5.91 Å². The molecule has 119 heavy (non-hydrogen) atoms. The zero-order valence-electron chi connectivity index (χ0n) is 72.0. The molecular formula is C81H133N17O19S2. The number of hydrogen-bond acceptors (Lipinski definition) is 27. The van der Waals surface area contributed by atoms with Gasteiger partial charge in [0, 0.05) is 137 Å². The van der Waals surface area contributed by atoms with Crippen LogP contribution >= 0.6 is 21.6 Å². The maximum atomic E-state index is 13.6. The van der Waals surface area contributed by atoms with E-state index in [2.05, 4.69) is 69.6 Å². The third-order valence-corrected chi connectivity index (χ3v) is 21.9. The fraction of sp³-hybridized carbons (Fsp3) is 0.617. The molecule has 0 radical (unpaired) electrons. The minimum absolute atomic E-state index is 0.0177. The highest BCUT2D eigenvalue weighted by molar-refractivity contribution is 8.76. The van der Waals surface area contributed by atoms with E-state index in [0.717, 1.165) is 22.6 Å². The summed E-state index contributed by atoms with van der Waals surface area (Å²) < 4.78 is 0. The molecule has 2 aromatic carbocycles. The second kappa shape index (κ2) is 65.3. The number of likely N-dealkylation sites (N-methyl/N-ethyl adjacent to an activating group) is 3. The topological polar surface area (TPSA) is 557 Å². The van der Waals surface area contributed by atoms with Crippen LogP contribution in [0.15, 0.2) is 60.7 Å². The van der Waals surface area contributed by atoms with Crippen molar-refractivity contribution in [3.8, 4) is 0 Å². The molecule has 0 heterocycles. The SMILES string of the molecule is CCC(CC(=O)NCC(=O)NN)C(C)=O.CCC(CC(=O)NCCNCCNC(=O)CC(NC)C(C)=O)C(C)=O.CCC(CC(=O)NCCSSCCNC(=O)CC(NC)C(C)=O)C(C)=O.CCC(CC(=O)NN)C(C)=O.CCC(CC(=O)NNC(=O)C1C(c2ccccc2)C(C(=O)NNC(=O)CC(NC)C(C)=O)C1c1ccccc1)C(C)=O. The summed E-state index contributed by atoms with van der Waals surface area (Å²) in [5.74, 6) is 3.34. The zero-order valence-corrected chi connectivity index (χ0v) is 73.6. The standard InChI is InChI=1S/C31H39N5O6.C17H32N4O4.C17H31N3O4S2.C9H17N3O3.C7H14N2O2/c1-5-20(18(2)37)16-24(39)33-35-30(41)28-26(21-12-8-6-9-13-21)29(27(28)22-14-10-7-11-15-22)31(42)36-34-25(40)17-23(32-4)19(3)38;1-5-14(12(2)22)10-16(24)20-8-6-19-7-9-21-17(25)11-15(18-4)13(3)23;1-5-14(12(2)21)10-16(23)19-6-8-25-26-9-7-20-17(24)11-15(18-4)13(3)22;1-3-7(6(2)13)4-8(14)11-5-9(15)12-10;1-3-6(5(2)10)4-7(11)9-8/h6-15,20,23,26-29,32H,5,16-17H2,1-4H3,(H,33,39)(H,34,40)(H,35,41)(H,36,42);14-15,18-19H,5-11H2,1-4H3,(H,20,24)(H,21,25);14-15,18H,5-11H2,1-4H3,(H,19,23)(H,20,24);7H,3-5,10H2,1-2H3,(H,11,14)(H,12,15);6H,3-4,8H2,1-2H3,(H,9,11). The molecule has 11 amide bonds. The maximum Gasteiger partial charge on any atom is 0.253 e. The Kier molecular flexibility index (Phi) is 61.2. The van der Waals surface area contributed by atoms with Crippen LogP contribution in [0.25, 0.3) is 0 Å². The molecule has 0 saturated heterocycles. The van der Waals surface area contributed by atoms with Gasteiger partial charge in [-0.3, -0.25) is 124 Å². The number of amides is 11. The molecule has 668 valence electrons. The third kappa shape index (κ3) is 48.9. The van der Waals surface area contributed by atoms with Crippen LogP contribution < -0.4 is 92.1 Å². The van der Waals surface area contributed by atoms with E-state index in [1.54, 1.807) is 42.7 Å². The number of rotatable bonds is 51. The molecule has 1 saturated carbocycles. The molecule has 38 heteroatoms. The van der Waals surface area contributed by atoms with E-state index in [-0.39, 0.29) is 163 Å². The van der Waals surface area contributed by atoms with Gasteiger partial charge in [0.1, 0.15) is 46.3 Å². The quantitative estimate of drug-likeness (QED) is 0.0146. The second-order valence-electron chi connectivity index (χ2n) is 28.3. The summed E-state index contributed by atoms with van der Waals surface area (Å²) in [6, 6.07) is 16.6. The summed E-state index contributed by atoms with van der Waals surface area (Å²) in [6.07, 6.45) is 4.00. The molecule has 1 fully saturated rings. The number of carbonyl (C=O) groups excluding carboxylic acids is 19. The largest absolute Gasteiger partial charge is 0.355 e. The predicted molar refractivity (Wildman–Crippen MR) is 455 cm³/mol. The Morgan fingerprint density at radius 1 is 0.311 bits per heavy atom. The molecule has 19 N–H and O–H groups in total. The molecular weight excluding hydrogens is 1580 g/mol. The fourth-order valence-electron chi connectivity index (χ4n) is 11.9. The Morgan fingerprint density at radius 3 is 0.849 bits per heavy atom. The Balaban J connectivity index is 0. The van der Waals surface area contributed by atoms with Gasteiger partial charge in [-0.2, -0.15) is 0 Å². The minimum atomic E-state index is -0.739. The van der Waals surface area contributed by atoms with Gasteiger partial charge in [-0.15, -0.1) is 0 Å². The predicted octanol–water partition coefficient (Wildman–Crippen LogP) is 1.30. The Hall–Kier alpha value is -9.57. The zero-order chi connectivity index (χ0) is 90.7. The smallest absolute Gasteiger partial charge is 0.253 e. The molecule has 3 rings (SSSR count). The summed E-state index contributed by atoms with van der Waals surface area (Å²) in [4.78, 5) is 222. The molecule has 0 spiro atoms. The van der Waals surface area contributed by atoms with Gasteiger partial charge in [-0.1, -0.05) is 117 Å². The lowest BCUT2D eigenvalue weighted by molar-refractivity contribution is -0.144. The molecule has 1 aliphatic rings. The van der Waals surface area contributed by atoms with Gasteiger partial charge in [0.15, 0.2) is 0 Å². The lowest BCUT2D eigenvalue weighted by Gasteiger charge is -2.50. The molecule has 10 unspecified atom stereocenters. The molecule has 2 aromatic rings. The molecule has 0 aliphatic heterocycles. The number of nitrogens with two attached hydrogens (primary N) is 2. The van der Waals surface area contributed by atoms with E-state index in [4.69, 9.17) is 11.7 Å². The number of hydrazine groups is 4. The minimum Gasteiger partial charge on any atom is -0.355 e. The van der Waals surface area contributed by atoms with Gasteiger partial charge in [-0.25, -0.2) is 11.7 Å². The van der Waals surface area contributed by atoms with E-state index in [0.29, 0.717) is 71.4 Å². The van der Waals surface area contributed by atoms with E-state index >= 15 is 0 Å². The molecule has 10 atom stereocenters. The van der Waals surface area contributed by atoms with Crippen molar-refractivity contribution in [1.82, 2.24) is 80.4 Å². The molecule has 0 aromatic heterocycles. The summed E-state index contributed by atoms with van der Waals surface area (Å²) >= 11 is 0. The first-order chi connectivity index (χ1) is 56.3. The monoisotopic (exact) mass is 1710 g/mol. The Bertz CT molecular complexity index is 3380. The Labute approximate surface area is 707 Å². The highest BCUT2D eigenvalue weighted by Crippen LogP contribution is 2.57. The van der Waals surface area contributed by atoms with Crippen LogP contribution in [0.2, 0.25) is 0 Å². The highest BCUT2D eigenvalue weighted by Gasteiger charge is 2.58. The number of Topliss-reactive ketones (excluding diaryl/α,β-unsaturated/α-hetero) is 8. The number of hydrogen-bond donors (Lipinski definition) is 17. The van der Waals surface area contributed by atoms with Crippen molar-refractivity contribution in [3.63, 3.8) is 0 Å². The fourth-order valence-corrected chi connectivity index (χ4v) is 13.8. The molecule has 0 bridgehead atoms. The second-order valence-corrected chi connectivity index (χ2v) is 31.0. The average Bonchev–Trinajstić information content (AvgIpc) is 0.722. The highest BCUT2D eigenvalue weighted by atomic mass is 33.1. The van der Waals surface area contributed by atoms with E-state index in [1.807, 2.05) is 106 Å². The van der Waals surface area contributed by atoms with E-state index in [1.165, 1.54) is 55.4 Å². The molecule has 36 nitrogen and oxygen atoms in total. The van der Waals surface area contributed by atoms with Crippen molar-refractivity contribution in [2.45, 2.75) is 203 Å². The van der Waals surface area contributed by atoms with Gasteiger partial charge in [0.05, 0.1) is 42.9 Å². The first-order valence-corrected chi connectivity index (χ1v) is 42.4. The van der Waals surface area contributed by atoms with Crippen molar-refractivity contribution in [1.29, 1.82) is 0 Å². The normalized spacial score (nSPS) is 15.4. The summed E-state index contributed by atoms with van der Waals surface area (Å²) in [6.45, 7) is 24.0. The van der Waals surface area contributed by atoms with Gasteiger partial charge < -0.3 is 47.9 Å². The lowest BCUT2D eigenvalue weighted by Crippen LogP contribution is -2.60. The van der Waals surface area contributed by atoms with Crippen LogP contribution in [0.4, 0.5) is 0 Å². The number of benzene rings is 2. The first-order valence-electron chi connectivity index (χ1n) is 39.9. The summed E-state index contributed by atoms with van der Waals surface area (Å²) in [7, 11) is 8.11. The first kappa shape index (κ1) is 111. The van der Waals surface area contributed by atoms with Gasteiger partial charge in [0.2, 0.25) is 59.1 Å². The summed E-state index contributed by atoms with van der Waals surface area (Å²) in [5, 5.41) is 24.9. The van der Waals surface area contributed by atoms with Crippen LogP contribution in [0.5, 0.6) is 0 Å². The lowest BCUT2D eigenvalue weighted by atomic mass is 9.52. The van der Waals surface area contributed by atoms with Gasteiger partial charge in [-0.05, 0) is 120 Å². The van der Waals surface area contributed by atoms with Crippen molar-refractivity contribution >= 4 is 133 Å². The van der Waals surface area contributed by atoms with Gasteiger partial charge >= 0.3 is 0 Å². The van der Waals surface area contributed by atoms with Crippen molar-refractivity contribution in [3.05, 3.63) is 71.8 Å². The number of nitrogens with one attached hydrogen (secondary N) is 15. The van der Waals surface area contributed by atoms with Crippen molar-refractivity contribution in [2.24, 2.45) is 53.1 Å². The van der Waals surface area contributed by atoms with Crippen LogP contribution in [-0.4, -0.2) is 208 Å². The Morgan fingerprint density at radius 2 is 0.571 bits per heavy atom. The number of carbonyl (C=O) groups is 19. The van der Waals surface area contributed by atoms with Crippen LogP contribution in [-0.2, 0) is 91.1 Å². The van der Waals surface area contributed by atoms with E-state index in [9.17, 15) is 91.1 Å². The van der Waals surface area contributed by atoms with Crippen LogP contribution in [0, 0.1) is 41.4 Å². The van der Waals surface area contributed by atoms with Crippen molar-refractivity contribution in [2.75, 3.05) is 78.5 Å². The number of ketones is 8. The maximum absolute atomic E-state index is 13.6. The third-order valence-electron chi connectivity index (χ3n) is 19.5. The molecule has 1 aliphatic carbocycles. The average molecular weight is 1710 g/mol. The summed E-state index contributed by atoms with van der Waals surface area (Å²) in [5.41, 5.74) is 15.2. The van der Waals surface area contributed by atoms with E-state index < -0.39 is 77.3 Å².